The molecule has 0 aromatic heterocycles. The fraction of sp³-hybridized carbons (Fsp3) is 0.364. The highest BCUT2D eigenvalue weighted by Gasteiger charge is 2.01. The second kappa shape index (κ2) is 5.04. The summed E-state index contributed by atoms with van der Waals surface area (Å²) in [6.45, 7) is 2.10. The van der Waals surface area contributed by atoms with Crippen LogP contribution in [0.15, 0.2) is 34.9 Å². The zero-order chi connectivity index (χ0) is 9.68. The predicted octanol–water partition coefficient (Wildman–Crippen LogP) is 3.50. The summed E-state index contributed by atoms with van der Waals surface area (Å²) in [5, 5.41) is 9.66. The first-order chi connectivity index (χ1) is 6.26. The molecule has 0 spiro atoms. The van der Waals surface area contributed by atoms with Crippen molar-refractivity contribution >= 4 is 15.9 Å². The van der Waals surface area contributed by atoms with Crippen molar-refractivity contribution in [1.29, 1.82) is 5.26 Å². The van der Waals surface area contributed by atoms with Crippen LogP contribution in [0.4, 0.5) is 0 Å². The van der Waals surface area contributed by atoms with Crippen LogP contribution < -0.4 is 0 Å². The van der Waals surface area contributed by atoms with Gasteiger partial charge in [-0.15, -0.1) is 0 Å². The average Bonchev–Trinajstić information content (AvgIpc) is 2.13. The lowest BCUT2D eigenvalue weighted by Gasteiger charge is -2.06. The van der Waals surface area contributed by atoms with E-state index in [0.717, 1.165) is 23.7 Å². The number of rotatable bonds is 1. The fourth-order valence-electron chi connectivity index (χ4n) is 1.19. The van der Waals surface area contributed by atoms with Gasteiger partial charge in [-0.1, -0.05) is 33.2 Å². The number of hydrogen-bond donors (Lipinski definition) is 0. The second-order valence-corrected chi connectivity index (χ2v) is 3.74. The van der Waals surface area contributed by atoms with Gasteiger partial charge in [-0.05, 0) is 31.9 Å². The van der Waals surface area contributed by atoms with Gasteiger partial charge < -0.3 is 0 Å². The van der Waals surface area contributed by atoms with Crippen LogP contribution in [0.25, 0.3) is 0 Å². The standard InChI is InChI=1S/C11H12BrN/c1-9-2-4-10(7-12)6-11(8-13)5-3-9/h3,5-6H,2,4,7H2,1H3. The summed E-state index contributed by atoms with van der Waals surface area (Å²) < 4.78 is 0. The Morgan fingerprint density at radius 1 is 1.46 bits per heavy atom. The zero-order valence-electron chi connectivity index (χ0n) is 7.68. The molecule has 0 radical (unpaired) electrons. The molecule has 0 heterocycles. The van der Waals surface area contributed by atoms with Gasteiger partial charge in [0.05, 0.1) is 11.6 Å². The number of alkyl halides is 1. The van der Waals surface area contributed by atoms with Crippen molar-refractivity contribution in [3.63, 3.8) is 0 Å². The van der Waals surface area contributed by atoms with Crippen LogP contribution in [-0.4, -0.2) is 5.33 Å². The number of nitrogens with zero attached hydrogens (tertiary/aromatic N) is 1. The monoisotopic (exact) mass is 237 g/mol. The Hall–Kier alpha value is -0.810. The number of nitriles is 1. The summed E-state index contributed by atoms with van der Waals surface area (Å²) in [4.78, 5) is 0. The van der Waals surface area contributed by atoms with E-state index in [4.69, 9.17) is 5.26 Å². The number of allylic oxidation sites excluding steroid dienone is 6. The molecule has 0 N–H and O–H groups in total. The topological polar surface area (TPSA) is 23.8 Å². The van der Waals surface area contributed by atoms with E-state index in [-0.39, 0.29) is 0 Å². The molecular weight excluding hydrogens is 226 g/mol. The average molecular weight is 238 g/mol. The van der Waals surface area contributed by atoms with Gasteiger partial charge in [0.1, 0.15) is 0 Å². The summed E-state index contributed by atoms with van der Waals surface area (Å²) in [5.74, 6) is 0. The molecule has 1 aliphatic carbocycles. The lowest BCUT2D eigenvalue weighted by atomic mass is 10.0. The molecule has 2 heteroatoms. The first-order valence-electron chi connectivity index (χ1n) is 4.29. The van der Waals surface area contributed by atoms with E-state index >= 15 is 0 Å². The van der Waals surface area contributed by atoms with Gasteiger partial charge in [-0.25, -0.2) is 0 Å². The molecule has 0 bridgehead atoms. The lowest BCUT2D eigenvalue weighted by Crippen LogP contribution is -1.91. The van der Waals surface area contributed by atoms with Crippen molar-refractivity contribution in [1.82, 2.24) is 0 Å². The maximum Gasteiger partial charge on any atom is 0.0991 e. The van der Waals surface area contributed by atoms with E-state index < -0.39 is 0 Å². The Morgan fingerprint density at radius 2 is 2.23 bits per heavy atom. The third kappa shape index (κ3) is 3.20. The molecule has 0 aliphatic heterocycles. The first kappa shape index (κ1) is 10.3. The Morgan fingerprint density at radius 3 is 2.85 bits per heavy atom. The Bertz CT molecular complexity index is 315. The minimum atomic E-state index is 0.744. The minimum absolute atomic E-state index is 0.744. The van der Waals surface area contributed by atoms with Crippen LogP contribution in [-0.2, 0) is 0 Å². The normalized spacial score (nSPS) is 17.5. The van der Waals surface area contributed by atoms with Gasteiger partial charge in [0.2, 0.25) is 0 Å². The molecule has 0 unspecified atom stereocenters. The van der Waals surface area contributed by atoms with E-state index in [9.17, 15) is 0 Å². The number of hydrogen-bond acceptors (Lipinski definition) is 1. The van der Waals surface area contributed by atoms with Gasteiger partial charge >= 0.3 is 0 Å². The van der Waals surface area contributed by atoms with Crippen LogP contribution in [0, 0.1) is 11.3 Å². The largest absolute Gasteiger partial charge is 0.192 e. The molecule has 0 atom stereocenters. The molecule has 13 heavy (non-hydrogen) atoms. The van der Waals surface area contributed by atoms with Crippen molar-refractivity contribution in [2.24, 2.45) is 0 Å². The van der Waals surface area contributed by atoms with Gasteiger partial charge in [0.25, 0.3) is 0 Å². The molecule has 1 aliphatic rings. The summed E-state index contributed by atoms with van der Waals surface area (Å²) in [7, 11) is 0. The fourth-order valence-corrected chi connectivity index (χ4v) is 1.63. The van der Waals surface area contributed by atoms with Crippen LogP contribution in [0.2, 0.25) is 0 Å². The minimum Gasteiger partial charge on any atom is -0.192 e. The molecule has 68 valence electrons. The summed E-state index contributed by atoms with van der Waals surface area (Å²) in [6.07, 6.45) is 8.02. The van der Waals surface area contributed by atoms with Gasteiger partial charge in [0.15, 0.2) is 0 Å². The van der Waals surface area contributed by atoms with Crippen LogP contribution in [0.5, 0.6) is 0 Å². The summed E-state index contributed by atoms with van der Waals surface area (Å²) in [5.41, 5.74) is 3.37. The molecule has 0 saturated heterocycles. The maximum atomic E-state index is 8.80. The SMILES string of the molecule is CC1=CC=C(C#N)C=C(CBr)CC1. The molecule has 0 fully saturated rings. The Labute approximate surface area is 87.6 Å². The Balaban J connectivity index is 2.95. The quantitative estimate of drug-likeness (QED) is 0.641. The molecule has 0 amide bonds. The van der Waals surface area contributed by atoms with Gasteiger partial charge in [-0.3, -0.25) is 0 Å². The van der Waals surface area contributed by atoms with Crippen molar-refractivity contribution in [3.8, 4) is 6.07 Å². The Kier molecular flexibility index (Phi) is 3.98. The van der Waals surface area contributed by atoms with E-state index in [2.05, 4.69) is 28.9 Å². The second-order valence-electron chi connectivity index (χ2n) is 3.18. The molecule has 0 aromatic carbocycles. The van der Waals surface area contributed by atoms with E-state index in [1.54, 1.807) is 0 Å². The lowest BCUT2D eigenvalue weighted by molar-refractivity contribution is 0.925. The molecule has 1 nitrogen and oxygen atoms in total. The highest BCUT2D eigenvalue weighted by atomic mass is 79.9. The molecule has 0 aromatic rings. The molecule has 1 rings (SSSR count). The van der Waals surface area contributed by atoms with Crippen molar-refractivity contribution in [3.05, 3.63) is 34.9 Å². The summed E-state index contributed by atoms with van der Waals surface area (Å²) >= 11 is 3.42. The number of halogens is 1. The van der Waals surface area contributed by atoms with Crippen LogP contribution in [0.1, 0.15) is 19.8 Å². The summed E-state index contributed by atoms with van der Waals surface area (Å²) in [6, 6.07) is 2.18. The maximum absolute atomic E-state index is 8.80. The van der Waals surface area contributed by atoms with E-state index in [0.29, 0.717) is 0 Å². The van der Waals surface area contributed by atoms with E-state index in [1.807, 2.05) is 18.2 Å². The third-order valence-electron chi connectivity index (χ3n) is 2.05. The van der Waals surface area contributed by atoms with Crippen molar-refractivity contribution in [2.75, 3.05) is 5.33 Å². The van der Waals surface area contributed by atoms with Crippen molar-refractivity contribution < 1.29 is 0 Å². The van der Waals surface area contributed by atoms with Crippen LogP contribution in [0.3, 0.4) is 0 Å². The first-order valence-corrected chi connectivity index (χ1v) is 5.41. The third-order valence-corrected chi connectivity index (χ3v) is 2.77. The smallest absolute Gasteiger partial charge is 0.0991 e. The predicted molar refractivity (Wildman–Crippen MR) is 58.6 cm³/mol. The van der Waals surface area contributed by atoms with Gasteiger partial charge in [0, 0.05) is 5.33 Å². The highest BCUT2D eigenvalue weighted by molar-refractivity contribution is 9.09. The van der Waals surface area contributed by atoms with E-state index in [1.165, 1.54) is 11.1 Å². The zero-order valence-corrected chi connectivity index (χ0v) is 9.26. The molecule has 0 saturated carbocycles. The van der Waals surface area contributed by atoms with Crippen LogP contribution >= 0.6 is 15.9 Å². The highest BCUT2D eigenvalue weighted by Crippen LogP contribution is 2.18. The van der Waals surface area contributed by atoms with Gasteiger partial charge in [-0.2, -0.15) is 5.26 Å². The molecular formula is C11H12BrN. The van der Waals surface area contributed by atoms with Crippen molar-refractivity contribution in [2.45, 2.75) is 19.8 Å².